The minimum Gasteiger partial charge on any atom is -0.396 e. The summed E-state index contributed by atoms with van der Waals surface area (Å²) in [4.78, 5) is 11.8. The van der Waals surface area contributed by atoms with E-state index in [4.69, 9.17) is 5.73 Å². The molecule has 0 saturated heterocycles. The van der Waals surface area contributed by atoms with Gasteiger partial charge in [0.25, 0.3) is 5.91 Å². The Bertz CT molecular complexity index is 582. The molecule has 2 rings (SSSR count). The van der Waals surface area contributed by atoms with E-state index in [9.17, 15) is 13.6 Å². The number of benzene rings is 2. The molecule has 0 aliphatic heterocycles. The van der Waals surface area contributed by atoms with Gasteiger partial charge >= 0.3 is 0 Å². The molecule has 0 aliphatic rings. The van der Waals surface area contributed by atoms with Crippen LogP contribution in [0.25, 0.3) is 0 Å². The number of anilines is 2. The van der Waals surface area contributed by atoms with Crippen molar-refractivity contribution in [3.05, 3.63) is 59.7 Å². The van der Waals surface area contributed by atoms with Crippen LogP contribution in [-0.4, -0.2) is 5.91 Å². The molecule has 0 aromatic heterocycles. The highest BCUT2D eigenvalue weighted by atomic mass is 19.1. The number of halogens is 2. The Balaban J connectivity index is 2.16. The van der Waals surface area contributed by atoms with Crippen LogP contribution in [0.4, 0.5) is 20.2 Å². The van der Waals surface area contributed by atoms with Crippen molar-refractivity contribution in [1.82, 2.24) is 0 Å². The van der Waals surface area contributed by atoms with E-state index in [2.05, 4.69) is 5.32 Å². The quantitative estimate of drug-likeness (QED) is 0.803. The topological polar surface area (TPSA) is 55.1 Å². The molecule has 0 heterocycles. The van der Waals surface area contributed by atoms with E-state index in [1.54, 1.807) is 0 Å². The van der Waals surface area contributed by atoms with Crippen LogP contribution in [0.15, 0.2) is 42.5 Å². The highest BCUT2D eigenvalue weighted by Gasteiger charge is 2.07. The Hall–Kier alpha value is -2.43. The number of hydrogen-bond donors (Lipinski definition) is 2. The highest BCUT2D eigenvalue weighted by molar-refractivity contribution is 6.04. The molecular weight excluding hydrogens is 238 g/mol. The number of rotatable bonds is 2. The van der Waals surface area contributed by atoms with Gasteiger partial charge in [0.15, 0.2) is 0 Å². The molecule has 0 radical (unpaired) electrons. The summed E-state index contributed by atoms with van der Waals surface area (Å²) in [6.45, 7) is 0. The first kappa shape index (κ1) is 12.0. The highest BCUT2D eigenvalue weighted by Crippen LogP contribution is 2.17. The minimum atomic E-state index is -0.546. The molecule has 0 spiro atoms. The number of carbonyl (C=O) groups is 1. The van der Waals surface area contributed by atoms with Crippen LogP contribution in [0.1, 0.15) is 10.4 Å². The summed E-state index contributed by atoms with van der Waals surface area (Å²) >= 11 is 0. The molecular formula is C13H10F2N2O. The number of nitrogens with one attached hydrogen (secondary N) is 1. The van der Waals surface area contributed by atoms with Crippen molar-refractivity contribution in [3.63, 3.8) is 0 Å². The van der Waals surface area contributed by atoms with Crippen molar-refractivity contribution in [2.24, 2.45) is 0 Å². The number of carbonyl (C=O) groups excluding carboxylic acids is 1. The molecule has 3 N–H and O–H groups in total. The lowest BCUT2D eigenvalue weighted by Crippen LogP contribution is -2.12. The molecule has 92 valence electrons. The molecule has 3 nitrogen and oxygen atoms in total. The van der Waals surface area contributed by atoms with Gasteiger partial charge in [-0.2, -0.15) is 0 Å². The summed E-state index contributed by atoms with van der Waals surface area (Å²) in [5, 5.41) is 2.54. The first-order valence-electron chi connectivity index (χ1n) is 5.18. The zero-order valence-electron chi connectivity index (χ0n) is 9.28. The lowest BCUT2D eigenvalue weighted by atomic mass is 10.2. The maximum absolute atomic E-state index is 12.9. The van der Waals surface area contributed by atoms with E-state index >= 15 is 0 Å². The molecule has 1 amide bonds. The third-order valence-corrected chi connectivity index (χ3v) is 2.36. The predicted octanol–water partition coefficient (Wildman–Crippen LogP) is 2.80. The van der Waals surface area contributed by atoms with Crippen LogP contribution in [0.3, 0.4) is 0 Å². The largest absolute Gasteiger partial charge is 0.396 e. The van der Waals surface area contributed by atoms with Crippen LogP contribution in [0, 0.1) is 11.6 Å². The number of hydrogen-bond acceptors (Lipinski definition) is 2. The summed E-state index contributed by atoms with van der Waals surface area (Å²) < 4.78 is 25.6. The molecule has 5 heteroatoms. The van der Waals surface area contributed by atoms with E-state index in [0.29, 0.717) is 11.3 Å². The second-order valence-corrected chi connectivity index (χ2v) is 3.70. The van der Waals surface area contributed by atoms with Gasteiger partial charge in [-0.1, -0.05) is 0 Å². The Morgan fingerprint density at radius 3 is 2.33 bits per heavy atom. The van der Waals surface area contributed by atoms with Gasteiger partial charge in [0.05, 0.1) is 5.69 Å². The Morgan fingerprint density at radius 1 is 1.06 bits per heavy atom. The van der Waals surface area contributed by atoms with Gasteiger partial charge in [0, 0.05) is 11.3 Å². The standard InChI is InChI=1S/C13H10F2N2O/c14-9-3-1-8(2-4-9)13(18)17-10-5-6-11(15)12(16)7-10/h1-7H,16H2,(H,17,18). The average Bonchev–Trinajstić information content (AvgIpc) is 2.34. The number of nitrogens with two attached hydrogens (primary N) is 1. The van der Waals surface area contributed by atoms with Crippen LogP contribution >= 0.6 is 0 Å². The lowest BCUT2D eigenvalue weighted by Gasteiger charge is -2.06. The van der Waals surface area contributed by atoms with Gasteiger partial charge < -0.3 is 11.1 Å². The summed E-state index contributed by atoms with van der Waals surface area (Å²) in [5.74, 6) is -1.38. The second-order valence-electron chi connectivity index (χ2n) is 3.70. The van der Waals surface area contributed by atoms with Crippen molar-refractivity contribution in [2.75, 3.05) is 11.1 Å². The Kier molecular flexibility index (Phi) is 3.23. The van der Waals surface area contributed by atoms with Crippen LogP contribution < -0.4 is 11.1 Å². The molecule has 2 aromatic rings. The van der Waals surface area contributed by atoms with Crippen LogP contribution in [0.5, 0.6) is 0 Å². The van der Waals surface area contributed by atoms with Crippen LogP contribution in [0.2, 0.25) is 0 Å². The van der Waals surface area contributed by atoms with Crippen molar-refractivity contribution in [3.8, 4) is 0 Å². The fraction of sp³-hybridized carbons (Fsp3) is 0. The molecule has 0 atom stereocenters. The normalized spacial score (nSPS) is 10.1. The summed E-state index contributed by atoms with van der Waals surface area (Å²) in [7, 11) is 0. The van der Waals surface area contributed by atoms with Crippen LogP contribution in [-0.2, 0) is 0 Å². The molecule has 2 aromatic carbocycles. The van der Waals surface area contributed by atoms with Gasteiger partial charge in [-0.3, -0.25) is 4.79 Å². The smallest absolute Gasteiger partial charge is 0.255 e. The average molecular weight is 248 g/mol. The fourth-order valence-electron chi connectivity index (χ4n) is 1.43. The maximum atomic E-state index is 12.9. The zero-order valence-corrected chi connectivity index (χ0v) is 9.28. The summed E-state index contributed by atoms with van der Waals surface area (Å²) in [5.41, 5.74) is 6.01. The molecule has 0 aliphatic carbocycles. The van der Waals surface area contributed by atoms with Crippen molar-refractivity contribution >= 4 is 17.3 Å². The predicted molar refractivity (Wildman–Crippen MR) is 65.2 cm³/mol. The van der Waals surface area contributed by atoms with E-state index in [1.165, 1.54) is 36.4 Å². The lowest BCUT2D eigenvalue weighted by molar-refractivity contribution is 0.102. The van der Waals surface area contributed by atoms with E-state index in [0.717, 1.165) is 6.07 Å². The number of amides is 1. The molecule has 0 bridgehead atoms. The summed E-state index contributed by atoms with van der Waals surface area (Å²) in [6, 6.07) is 8.97. The van der Waals surface area contributed by atoms with Gasteiger partial charge in [-0.15, -0.1) is 0 Å². The van der Waals surface area contributed by atoms with E-state index < -0.39 is 17.5 Å². The first-order valence-corrected chi connectivity index (χ1v) is 5.18. The van der Waals surface area contributed by atoms with Gasteiger partial charge in [0.2, 0.25) is 0 Å². The maximum Gasteiger partial charge on any atom is 0.255 e. The molecule has 0 unspecified atom stereocenters. The van der Waals surface area contributed by atoms with Crippen molar-refractivity contribution in [1.29, 1.82) is 0 Å². The molecule has 0 fully saturated rings. The minimum absolute atomic E-state index is 0.0492. The Labute approximate surface area is 102 Å². The van der Waals surface area contributed by atoms with Crippen molar-refractivity contribution in [2.45, 2.75) is 0 Å². The fourth-order valence-corrected chi connectivity index (χ4v) is 1.43. The number of nitrogen functional groups attached to an aromatic ring is 1. The van der Waals surface area contributed by atoms with E-state index in [1.807, 2.05) is 0 Å². The SMILES string of the molecule is Nc1cc(NC(=O)c2ccc(F)cc2)ccc1F. The zero-order chi connectivity index (χ0) is 13.1. The Morgan fingerprint density at radius 2 is 1.72 bits per heavy atom. The van der Waals surface area contributed by atoms with Crippen molar-refractivity contribution < 1.29 is 13.6 Å². The molecule has 0 saturated carbocycles. The third-order valence-electron chi connectivity index (χ3n) is 2.36. The third kappa shape index (κ3) is 2.63. The van der Waals surface area contributed by atoms with Gasteiger partial charge in [-0.25, -0.2) is 8.78 Å². The second kappa shape index (κ2) is 4.83. The van der Waals surface area contributed by atoms with Gasteiger partial charge in [0.1, 0.15) is 11.6 Å². The first-order chi connectivity index (χ1) is 8.56. The molecule has 18 heavy (non-hydrogen) atoms. The van der Waals surface area contributed by atoms with E-state index in [-0.39, 0.29) is 5.69 Å². The summed E-state index contributed by atoms with van der Waals surface area (Å²) in [6.07, 6.45) is 0. The monoisotopic (exact) mass is 248 g/mol. The van der Waals surface area contributed by atoms with Gasteiger partial charge in [-0.05, 0) is 42.5 Å².